The molecule has 0 aliphatic carbocycles. The highest BCUT2D eigenvalue weighted by Gasteiger charge is 2.15. The van der Waals surface area contributed by atoms with Crippen molar-refractivity contribution in [1.82, 2.24) is 25.6 Å². The highest BCUT2D eigenvalue weighted by atomic mass is 35.5. The lowest BCUT2D eigenvalue weighted by Gasteiger charge is -2.07. The van der Waals surface area contributed by atoms with Crippen LogP contribution in [0.25, 0.3) is 22.2 Å². The molecule has 0 unspecified atom stereocenters. The number of carbonyl (C=O) groups is 1. The van der Waals surface area contributed by atoms with Gasteiger partial charge in [0.1, 0.15) is 22.4 Å². The number of urea groups is 1. The smallest absolute Gasteiger partial charge is 0.315 e. The van der Waals surface area contributed by atoms with E-state index in [1.165, 1.54) is 0 Å². The van der Waals surface area contributed by atoms with Crippen molar-refractivity contribution in [2.45, 2.75) is 13.1 Å². The van der Waals surface area contributed by atoms with Crippen LogP contribution in [0.1, 0.15) is 11.4 Å². The molecule has 3 heterocycles. The molecular formula is C22H18ClN5O5. The SMILES string of the molecule is O=C(NCc1ccc2c(c1)OCO2)NCc1nc(-c2ccc3[nH]c(=O)cc(O)c3c2)c(Cl)[nH]1. The third-order valence-electron chi connectivity index (χ3n) is 5.11. The van der Waals surface area contributed by atoms with Crippen LogP contribution < -0.4 is 25.7 Å². The topological polar surface area (TPSA) is 141 Å². The largest absolute Gasteiger partial charge is 0.507 e. The number of ether oxygens (including phenoxy) is 2. The molecule has 2 amide bonds. The molecule has 33 heavy (non-hydrogen) atoms. The molecule has 2 aromatic heterocycles. The minimum Gasteiger partial charge on any atom is -0.507 e. The second kappa shape index (κ2) is 8.40. The van der Waals surface area contributed by atoms with Crippen LogP contribution in [-0.4, -0.2) is 32.9 Å². The summed E-state index contributed by atoms with van der Waals surface area (Å²) in [6, 6.07) is 11.3. The number of nitrogens with one attached hydrogen (secondary N) is 4. The zero-order chi connectivity index (χ0) is 22.9. The number of benzene rings is 2. The predicted octanol–water partition coefficient (Wildman–Crippen LogP) is 3.01. The number of rotatable bonds is 5. The first-order valence-electron chi connectivity index (χ1n) is 9.97. The number of H-pyrrole nitrogens is 2. The highest BCUT2D eigenvalue weighted by Crippen LogP contribution is 2.32. The first-order chi connectivity index (χ1) is 16.0. The maximum atomic E-state index is 12.2. The van der Waals surface area contributed by atoms with Gasteiger partial charge in [-0.3, -0.25) is 4.79 Å². The maximum Gasteiger partial charge on any atom is 0.315 e. The molecule has 10 nitrogen and oxygen atoms in total. The molecule has 0 fully saturated rings. The van der Waals surface area contributed by atoms with Gasteiger partial charge >= 0.3 is 6.03 Å². The molecular weight excluding hydrogens is 450 g/mol. The van der Waals surface area contributed by atoms with Crippen LogP contribution in [0.5, 0.6) is 17.2 Å². The molecule has 11 heteroatoms. The number of hydrogen-bond donors (Lipinski definition) is 5. The minimum absolute atomic E-state index is 0.124. The van der Waals surface area contributed by atoms with Crippen molar-refractivity contribution in [2.24, 2.45) is 0 Å². The minimum atomic E-state index is -0.393. The Morgan fingerprint density at radius 1 is 1.06 bits per heavy atom. The van der Waals surface area contributed by atoms with Gasteiger partial charge in [-0.05, 0) is 29.8 Å². The van der Waals surface area contributed by atoms with Gasteiger partial charge in [0, 0.05) is 23.6 Å². The van der Waals surface area contributed by atoms with Crippen molar-refractivity contribution in [3.8, 4) is 28.5 Å². The molecule has 5 N–H and O–H groups in total. The second-order valence-corrected chi connectivity index (χ2v) is 7.73. The van der Waals surface area contributed by atoms with E-state index in [1.807, 2.05) is 12.1 Å². The molecule has 2 aromatic carbocycles. The number of imidazole rings is 1. The van der Waals surface area contributed by atoms with E-state index in [0.717, 1.165) is 11.6 Å². The zero-order valence-electron chi connectivity index (χ0n) is 17.1. The van der Waals surface area contributed by atoms with E-state index in [9.17, 15) is 14.7 Å². The number of pyridine rings is 1. The average Bonchev–Trinajstić information content (AvgIpc) is 3.41. The fraction of sp³-hybridized carbons (Fsp3) is 0.136. The first-order valence-corrected chi connectivity index (χ1v) is 10.3. The van der Waals surface area contributed by atoms with Gasteiger partial charge in [0.2, 0.25) is 6.79 Å². The number of amides is 2. The third-order valence-corrected chi connectivity index (χ3v) is 5.38. The van der Waals surface area contributed by atoms with E-state index in [2.05, 4.69) is 25.6 Å². The molecule has 0 saturated heterocycles. The summed E-state index contributed by atoms with van der Waals surface area (Å²) >= 11 is 6.31. The quantitative estimate of drug-likeness (QED) is 0.305. The Morgan fingerprint density at radius 2 is 1.88 bits per heavy atom. The number of aromatic nitrogens is 3. The summed E-state index contributed by atoms with van der Waals surface area (Å²) in [6.45, 7) is 0.633. The predicted molar refractivity (Wildman–Crippen MR) is 120 cm³/mol. The maximum absolute atomic E-state index is 12.2. The Hall–Kier alpha value is -4.18. The summed E-state index contributed by atoms with van der Waals surface area (Å²) in [5.41, 5.74) is 2.08. The summed E-state index contributed by atoms with van der Waals surface area (Å²) in [5, 5.41) is 16.3. The van der Waals surface area contributed by atoms with Crippen molar-refractivity contribution in [2.75, 3.05) is 6.79 Å². The van der Waals surface area contributed by atoms with Crippen LogP contribution in [0.15, 0.2) is 47.3 Å². The Bertz CT molecular complexity index is 1430. The third kappa shape index (κ3) is 4.28. The number of aromatic amines is 2. The highest BCUT2D eigenvalue weighted by molar-refractivity contribution is 6.32. The molecule has 4 aromatic rings. The van der Waals surface area contributed by atoms with Crippen LogP contribution in [0.2, 0.25) is 5.15 Å². The lowest BCUT2D eigenvalue weighted by Crippen LogP contribution is -2.34. The van der Waals surface area contributed by atoms with E-state index in [0.29, 0.717) is 46.0 Å². The van der Waals surface area contributed by atoms with Crippen molar-refractivity contribution < 1.29 is 19.4 Å². The standard InChI is InChI=1S/C22H18ClN5O5/c23-21-20(12-2-3-14-13(6-12)15(29)7-19(30)26-14)27-18(28-21)9-25-22(31)24-8-11-1-4-16-17(5-11)33-10-32-16/h1-7H,8-10H2,(H,27,28)(H2,24,25,31)(H2,26,29,30). The average molecular weight is 468 g/mol. The van der Waals surface area contributed by atoms with Gasteiger partial charge in [-0.25, -0.2) is 9.78 Å². The van der Waals surface area contributed by atoms with E-state index < -0.39 is 5.56 Å². The van der Waals surface area contributed by atoms with Crippen molar-refractivity contribution in [1.29, 1.82) is 0 Å². The number of nitrogens with zero attached hydrogens (tertiary/aromatic N) is 1. The molecule has 168 valence electrons. The van der Waals surface area contributed by atoms with Gasteiger partial charge in [0.15, 0.2) is 11.5 Å². The van der Waals surface area contributed by atoms with Gasteiger partial charge in [-0.1, -0.05) is 23.7 Å². The molecule has 5 rings (SSSR count). The number of fused-ring (bicyclic) bond motifs is 2. The molecule has 0 radical (unpaired) electrons. The molecule has 1 aliphatic heterocycles. The van der Waals surface area contributed by atoms with Gasteiger partial charge in [-0.2, -0.15) is 0 Å². The number of hydrogen-bond acceptors (Lipinski definition) is 6. The molecule has 0 saturated carbocycles. The zero-order valence-corrected chi connectivity index (χ0v) is 17.8. The summed E-state index contributed by atoms with van der Waals surface area (Å²) < 4.78 is 10.6. The summed E-state index contributed by atoms with van der Waals surface area (Å²) in [7, 11) is 0. The van der Waals surface area contributed by atoms with Gasteiger partial charge < -0.3 is 35.2 Å². The fourth-order valence-corrected chi connectivity index (χ4v) is 3.78. The van der Waals surface area contributed by atoms with Crippen LogP contribution in [0, 0.1) is 0 Å². The van der Waals surface area contributed by atoms with E-state index in [4.69, 9.17) is 21.1 Å². The number of carbonyl (C=O) groups excluding carboxylic acids is 1. The van der Waals surface area contributed by atoms with E-state index in [-0.39, 0.29) is 30.3 Å². The van der Waals surface area contributed by atoms with Gasteiger partial charge in [0.05, 0.1) is 12.1 Å². The van der Waals surface area contributed by atoms with Crippen molar-refractivity contribution >= 4 is 28.5 Å². The van der Waals surface area contributed by atoms with Crippen LogP contribution in [-0.2, 0) is 13.1 Å². The summed E-state index contributed by atoms with van der Waals surface area (Å²) in [5.74, 6) is 1.66. The Labute approximate surface area is 191 Å². The second-order valence-electron chi connectivity index (χ2n) is 7.35. The molecule has 0 atom stereocenters. The normalized spacial score (nSPS) is 12.2. The molecule has 1 aliphatic rings. The Morgan fingerprint density at radius 3 is 2.76 bits per heavy atom. The lowest BCUT2D eigenvalue weighted by molar-refractivity contribution is 0.174. The fourth-order valence-electron chi connectivity index (χ4n) is 3.52. The molecule has 0 bridgehead atoms. The van der Waals surface area contributed by atoms with Gasteiger partial charge in [0.25, 0.3) is 5.56 Å². The first kappa shape index (κ1) is 20.7. The summed E-state index contributed by atoms with van der Waals surface area (Å²) in [4.78, 5) is 33.7. The summed E-state index contributed by atoms with van der Waals surface area (Å²) in [6.07, 6.45) is 0. The lowest BCUT2D eigenvalue weighted by atomic mass is 10.1. The van der Waals surface area contributed by atoms with Crippen LogP contribution in [0.3, 0.4) is 0 Å². The number of aromatic hydroxyl groups is 1. The van der Waals surface area contributed by atoms with E-state index in [1.54, 1.807) is 24.3 Å². The van der Waals surface area contributed by atoms with Gasteiger partial charge in [-0.15, -0.1) is 0 Å². The van der Waals surface area contributed by atoms with Crippen LogP contribution in [0.4, 0.5) is 4.79 Å². The Kier molecular flexibility index (Phi) is 5.27. The number of halogens is 1. The van der Waals surface area contributed by atoms with Crippen molar-refractivity contribution in [3.63, 3.8) is 0 Å². The molecule has 0 spiro atoms. The van der Waals surface area contributed by atoms with Crippen molar-refractivity contribution in [3.05, 3.63) is 69.4 Å². The van der Waals surface area contributed by atoms with E-state index >= 15 is 0 Å². The monoisotopic (exact) mass is 467 g/mol. The van der Waals surface area contributed by atoms with Crippen LogP contribution >= 0.6 is 11.6 Å². The Balaban J connectivity index is 1.23.